The molecule has 0 atom stereocenters. The van der Waals surface area contributed by atoms with Crippen LogP contribution in [0, 0.1) is 0 Å². The van der Waals surface area contributed by atoms with Crippen molar-refractivity contribution in [2.24, 2.45) is 0 Å². The third-order valence-electron chi connectivity index (χ3n) is 3.80. The lowest BCUT2D eigenvalue weighted by Crippen LogP contribution is -2.35. The molecule has 0 bridgehead atoms. The highest BCUT2D eigenvalue weighted by molar-refractivity contribution is 6.31. The number of hydrogen-bond acceptors (Lipinski definition) is 4. The van der Waals surface area contributed by atoms with Crippen molar-refractivity contribution in [3.63, 3.8) is 0 Å². The van der Waals surface area contributed by atoms with Crippen LogP contribution in [0.15, 0.2) is 41.0 Å². The predicted molar refractivity (Wildman–Crippen MR) is 87.4 cm³/mol. The van der Waals surface area contributed by atoms with E-state index in [4.69, 9.17) is 20.8 Å². The van der Waals surface area contributed by atoms with Gasteiger partial charge >= 0.3 is 0 Å². The first-order valence-corrected chi connectivity index (χ1v) is 7.99. The normalized spacial score (nSPS) is 15.5. The number of ether oxygens (including phenoxy) is 1. The van der Waals surface area contributed by atoms with E-state index in [2.05, 4.69) is 10.2 Å². The summed E-state index contributed by atoms with van der Waals surface area (Å²) in [6.45, 7) is 4.34. The summed E-state index contributed by atoms with van der Waals surface area (Å²) >= 11 is 6.08. The molecule has 5 nitrogen and oxygen atoms in total. The standard InChI is InChI=1S/C17H19ClN2O3/c18-16-4-2-1-3-13(16)10-19-17(21)14-9-15(23-12-14)11-20-5-7-22-8-6-20/h1-4,9,12H,5-8,10-11H2,(H,19,21). The van der Waals surface area contributed by atoms with Gasteiger partial charge in [0.1, 0.15) is 12.0 Å². The van der Waals surface area contributed by atoms with Crippen molar-refractivity contribution in [1.82, 2.24) is 10.2 Å². The summed E-state index contributed by atoms with van der Waals surface area (Å²) in [6.07, 6.45) is 1.50. The number of carbonyl (C=O) groups is 1. The average molecular weight is 335 g/mol. The fraction of sp³-hybridized carbons (Fsp3) is 0.353. The van der Waals surface area contributed by atoms with Crippen LogP contribution in [0.1, 0.15) is 21.7 Å². The molecule has 1 aliphatic heterocycles. The lowest BCUT2D eigenvalue weighted by atomic mass is 10.2. The van der Waals surface area contributed by atoms with Crippen LogP contribution >= 0.6 is 11.6 Å². The molecule has 3 rings (SSSR count). The van der Waals surface area contributed by atoms with E-state index in [0.29, 0.717) is 23.7 Å². The Morgan fingerprint density at radius 2 is 2.04 bits per heavy atom. The molecule has 122 valence electrons. The Morgan fingerprint density at radius 1 is 1.26 bits per heavy atom. The average Bonchev–Trinajstić information content (AvgIpc) is 3.03. The lowest BCUT2D eigenvalue weighted by Gasteiger charge is -2.25. The first-order valence-electron chi connectivity index (χ1n) is 7.61. The molecule has 1 aromatic heterocycles. The second kappa shape index (κ2) is 7.64. The van der Waals surface area contributed by atoms with Crippen LogP contribution in [0.4, 0.5) is 0 Å². The second-order valence-corrected chi connectivity index (χ2v) is 5.87. The highest BCUT2D eigenvalue weighted by Gasteiger charge is 2.15. The van der Waals surface area contributed by atoms with Gasteiger partial charge in [0.15, 0.2) is 0 Å². The van der Waals surface area contributed by atoms with Gasteiger partial charge in [-0.3, -0.25) is 9.69 Å². The third-order valence-corrected chi connectivity index (χ3v) is 4.17. The molecule has 0 aliphatic carbocycles. The molecule has 0 spiro atoms. The molecule has 1 aromatic carbocycles. The Balaban J connectivity index is 1.54. The van der Waals surface area contributed by atoms with Crippen molar-refractivity contribution in [3.05, 3.63) is 58.5 Å². The number of nitrogens with one attached hydrogen (secondary N) is 1. The van der Waals surface area contributed by atoms with Gasteiger partial charge < -0.3 is 14.5 Å². The summed E-state index contributed by atoms with van der Waals surface area (Å²) < 4.78 is 10.8. The highest BCUT2D eigenvalue weighted by atomic mass is 35.5. The zero-order valence-electron chi connectivity index (χ0n) is 12.8. The quantitative estimate of drug-likeness (QED) is 0.913. The SMILES string of the molecule is O=C(NCc1ccccc1Cl)c1coc(CN2CCOCC2)c1. The minimum Gasteiger partial charge on any atom is -0.467 e. The highest BCUT2D eigenvalue weighted by Crippen LogP contribution is 2.15. The molecule has 2 heterocycles. The molecule has 2 aromatic rings. The van der Waals surface area contributed by atoms with E-state index in [0.717, 1.165) is 37.6 Å². The van der Waals surface area contributed by atoms with Crippen molar-refractivity contribution in [2.45, 2.75) is 13.1 Å². The van der Waals surface area contributed by atoms with E-state index in [9.17, 15) is 4.79 Å². The summed E-state index contributed by atoms with van der Waals surface area (Å²) in [5.41, 5.74) is 1.42. The number of hydrogen-bond donors (Lipinski definition) is 1. The van der Waals surface area contributed by atoms with Crippen molar-refractivity contribution in [2.75, 3.05) is 26.3 Å². The fourth-order valence-corrected chi connectivity index (χ4v) is 2.68. The Bertz CT molecular complexity index is 665. The first kappa shape index (κ1) is 16.1. The molecular formula is C17H19ClN2O3. The zero-order chi connectivity index (χ0) is 16.1. The van der Waals surface area contributed by atoms with Crippen molar-refractivity contribution < 1.29 is 13.9 Å². The topological polar surface area (TPSA) is 54.7 Å². The van der Waals surface area contributed by atoms with Crippen molar-refractivity contribution in [3.8, 4) is 0 Å². The molecule has 1 N–H and O–H groups in total. The summed E-state index contributed by atoms with van der Waals surface area (Å²) in [5, 5.41) is 3.50. The first-order chi connectivity index (χ1) is 11.2. The van der Waals surface area contributed by atoms with Gasteiger partial charge in [0, 0.05) is 24.7 Å². The Hall–Kier alpha value is -1.82. The molecule has 1 aliphatic rings. The van der Waals surface area contributed by atoms with Crippen LogP contribution in [-0.4, -0.2) is 37.1 Å². The maximum atomic E-state index is 12.2. The second-order valence-electron chi connectivity index (χ2n) is 5.46. The number of amides is 1. The fourth-order valence-electron chi connectivity index (χ4n) is 2.48. The smallest absolute Gasteiger partial charge is 0.254 e. The van der Waals surface area contributed by atoms with Crippen LogP contribution in [0.2, 0.25) is 5.02 Å². The maximum absolute atomic E-state index is 12.2. The molecule has 0 radical (unpaired) electrons. The van der Waals surface area contributed by atoms with Gasteiger partial charge in [-0.2, -0.15) is 0 Å². The number of furan rings is 1. The van der Waals surface area contributed by atoms with E-state index in [1.807, 2.05) is 18.2 Å². The number of halogens is 1. The zero-order valence-corrected chi connectivity index (χ0v) is 13.5. The summed E-state index contributed by atoms with van der Waals surface area (Å²) in [7, 11) is 0. The number of nitrogens with zero attached hydrogens (tertiary/aromatic N) is 1. The summed E-state index contributed by atoms with van der Waals surface area (Å²) in [4.78, 5) is 14.4. The van der Waals surface area contributed by atoms with Crippen LogP contribution < -0.4 is 5.32 Å². The van der Waals surface area contributed by atoms with Crippen molar-refractivity contribution >= 4 is 17.5 Å². The van der Waals surface area contributed by atoms with Crippen LogP contribution in [0.5, 0.6) is 0 Å². The van der Waals surface area contributed by atoms with Crippen LogP contribution in [0.3, 0.4) is 0 Å². The molecule has 6 heteroatoms. The third kappa shape index (κ3) is 4.34. The summed E-state index contributed by atoms with van der Waals surface area (Å²) in [6, 6.07) is 9.24. The molecule has 1 amide bonds. The lowest BCUT2D eigenvalue weighted by molar-refractivity contribution is 0.0313. The largest absolute Gasteiger partial charge is 0.467 e. The molecule has 1 fully saturated rings. The summed E-state index contributed by atoms with van der Waals surface area (Å²) in [5.74, 6) is 0.622. The van der Waals surface area contributed by atoms with Gasteiger partial charge in [0.25, 0.3) is 5.91 Å². The number of benzene rings is 1. The monoisotopic (exact) mass is 334 g/mol. The van der Waals surface area contributed by atoms with Gasteiger partial charge in [-0.1, -0.05) is 29.8 Å². The van der Waals surface area contributed by atoms with Crippen molar-refractivity contribution in [1.29, 1.82) is 0 Å². The Labute approximate surface area is 140 Å². The minimum absolute atomic E-state index is 0.165. The molecule has 0 unspecified atom stereocenters. The van der Waals surface area contributed by atoms with E-state index in [-0.39, 0.29) is 5.91 Å². The predicted octanol–water partition coefficient (Wildman–Crippen LogP) is 2.70. The van der Waals surface area contributed by atoms with E-state index >= 15 is 0 Å². The van der Waals surface area contributed by atoms with Gasteiger partial charge in [-0.15, -0.1) is 0 Å². The van der Waals surface area contributed by atoms with Gasteiger partial charge in [-0.25, -0.2) is 0 Å². The molecule has 23 heavy (non-hydrogen) atoms. The number of rotatable bonds is 5. The molecular weight excluding hydrogens is 316 g/mol. The van der Waals surface area contributed by atoms with Gasteiger partial charge in [0.2, 0.25) is 0 Å². The van der Waals surface area contributed by atoms with E-state index in [1.54, 1.807) is 12.1 Å². The van der Waals surface area contributed by atoms with Gasteiger partial charge in [-0.05, 0) is 17.7 Å². The molecule has 1 saturated heterocycles. The van der Waals surface area contributed by atoms with E-state index in [1.165, 1.54) is 6.26 Å². The maximum Gasteiger partial charge on any atom is 0.254 e. The Kier molecular flexibility index (Phi) is 5.33. The number of carbonyl (C=O) groups excluding carboxylic acids is 1. The number of morpholine rings is 1. The molecule has 0 saturated carbocycles. The Morgan fingerprint density at radius 3 is 2.83 bits per heavy atom. The van der Waals surface area contributed by atoms with E-state index < -0.39 is 0 Å². The van der Waals surface area contributed by atoms with Gasteiger partial charge in [0.05, 0.1) is 25.3 Å². The van der Waals surface area contributed by atoms with Crippen LogP contribution in [0.25, 0.3) is 0 Å². The minimum atomic E-state index is -0.165. The van der Waals surface area contributed by atoms with Crippen LogP contribution in [-0.2, 0) is 17.8 Å².